The van der Waals surface area contributed by atoms with Gasteiger partial charge in [-0.2, -0.15) is 0 Å². The van der Waals surface area contributed by atoms with Crippen molar-refractivity contribution in [2.75, 3.05) is 13.1 Å². The zero-order chi connectivity index (χ0) is 18.2. The molecule has 1 heterocycles. The average Bonchev–Trinajstić information content (AvgIpc) is 3.35. The predicted octanol–water partition coefficient (Wildman–Crippen LogP) is 3.83. The van der Waals surface area contributed by atoms with Crippen LogP contribution in [0, 0.1) is 0 Å². The second-order valence-electron chi connectivity index (χ2n) is 7.87. The van der Waals surface area contributed by atoms with Crippen molar-refractivity contribution in [2.45, 2.75) is 51.0 Å². The molecule has 5 nitrogen and oxygen atoms in total. The number of carbonyl (C=O) groups excluding carboxylic acids is 1. The van der Waals surface area contributed by atoms with Crippen molar-refractivity contribution in [3.63, 3.8) is 0 Å². The van der Waals surface area contributed by atoms with Gasteiger partial charge in [0.15, 0.2) is 0 Å². The standard InChI is InChI=1S/C20H25NO4/c1-19(2,3)25-18(24)21-12-8-15(9-13-21)14-4-6-16(7-5-14)20(10-11-20)17(22)23/h4-8H,9-13H2,1-3H3,(H,22,23). The lowest BCUT2D eigenvalue weighted by Gasteiger charge is -2.29. The van der Waals surface area contributed by atoms with E-state index in [9.17, 15) is 14.7 Å². The summed E-state index contributed by atoms with van der Waals surface area (Å²) >= 11 is 0. The van der Waals surface area contributed by atoms with Crippen LogP contribution in [0.2, 0.25) is 0 Å². The first-order valence-corrected chi connectivity index (χ1v) is 8.73. The second-order valence-corrected chi connectivity index (χ2v) is 7.87. The number of amides is 1. The van der Waals surface area contributed by atoms with Crippen molar-refractivity contribution in [2.24, 2.45) is 0 Å². The van der Waals surface area contributed by atoms with E-state index in [4.69, 9.17) is 4.74 Å². The molecule has 1 aliphatic carbocycles. The number of nitrogens with zero attached hydrogens (tertiary/aromatic N) is 1. The van der Waals surface area contributed by atoms with Crippen LogP contribution in [-0.2, 0) is 14.9 Å². The van der Waals surface area contributed by atoms with E-state index in [0.29, 0.717) is 13.1 Å². The summed E-state index contributed by atoms with van der Waals surface area (Å²) in [7, 11) is 0. The number of ether oxygens (including phenoxy) is 1. The Balaban J connectivity index is 1.66. The zero-order valence-electron chi connectivity index (χ0n) is 15.0. The molecule has 1 amide bonds. The van der Waals surface area contributed by atoms with Crippen LogP contribution in [-0.4, -0.2) is 40.8 Å². The average molecular weight is 343 g/mol. The number of carboxylic acid groups (broad SMARTS) is 1. The van der Waals surface area contributed by atoms with Gasteiger partial charge >= 0.3 is 12.1 Å². The highest BCUT2D eigenvalue weighted by Gasteiger charge is 2.51. The monoisotopic (exact) mass is 343 g/mol. The SMILES string of the molecule is CC(C)(C)OC(=O)N1CC=C(c2ccc(C3(C(=O)O)CC3)cc2)CC1. The molecule has 1 aliphatic heterocycles. The van der Waals surface area contributed by atoms with Gasteiger partial charge in [0.2, 0.25) is 0 Å². The Morgan fingerprint density at radius 3 is 2.24 bits per heavy atom. The third-order valence-electron chi connectivity index (χ3n) is 4.83. The maximum absolute atomic E-state index is 12.1. The summed E-state index contributed by atoms with van der Waals surface area (Å²) in [5.74, 6) is -0.731. The van der Waals surface area contributed by atoms with Crippen molar-refractivity contribution in [1.82, 2.24) is 4.90 Å². The largest absolute Gasteiger partial charge is 0.481 e. The molecule has 0 unspecified atom stereocenters. The van der Waals surface area contributed by atoms with E-state index in [2.05, 4.69) is 0 Å². The van der Waals surface area contributed by atoms with Gasteiger partial charge in [0, 0.05) is 13.1 Å². The van der Waals surface area contributed by atoms with Crippen LogP contribution < -0.4 is 0 Å². The predicted molar refractivity (Wildman–Crippen MR) is 95.4 cm³/mol. The number of carbonyl (C=O) groups is 2. The molecule has 1 fully saturated rings. The van der Waals surface area contributed by atoms with Crippen LogP contribution in [0.3, 0.4) is 0 Å². The molecule has 0 aromatic heterocycles. The fourth-order valence-corrected chi connectivity index (χ4v) is 3.18. The summed E-state index contributed by atoms with van der Waals surface area (Å²) in [6, 6.07) is 7.84. The maximum Gasteiger partial charge on any atom is 0.410 e. The van der Waals surface area contributed by atoms with Gasteiger partial charge in [0.1, 0.15) is 5.60 Å². The van der Waals surface area contributed by atoms with Crippen molar-refractivity contribution in [3.8, 4) is 0 Å². The Labute approximate surface area is 148 Å². The van der Waals surface area contributed by atoms with Crippen LogP contribution in [0.15, 0.2) is 30.3 Å². The number of aliphatic carboxylic acids is 1. The van der Waals surface area contributed by atoms with Gasteiger partial charge in [-0.15, -0.1) is 0 Å². The van der Waals surface area contributed by atoms with Crippen LogP contribution >= 0.6 is 0 Å². The summed E-state index contributed by atoms with van der Waals surface area (Å²) in [5, 5.41) is 9.38. The Bertz CT molecular complexity index is 708. The lowest BCUT2D eigenvalue weighted by Crippen LogP contribution is -2.39. The van der Waals surface area contributed by atoms with E-state index in [1.165, 1.54) is 5.57 Å². The maximum atomic E-state index is 12.1. The Morgan fingerprint density at radius 2 is 1.80 bits per heavy atom. The molecule has 5 heteroatoms. The van der Waals surface area contributed by atoms with E-state index >= 15 is 0 Å². The minimum atomic E-state index is -0.731. The summed E-state index contributed by atoms with van der Waals surface area (Å²) in [4.78, 5) is 25.2. The second kappa shape index (κ2) is 6.21. The number of carboxylic acids is 1. The quantitative estimate of drug-likeness (QED) is 0.906. The van der Waals surface area contributed by atoms with Gasteiger partial charge in [-0.05, 0) is 56.7 Å². The summed E-state index contributed by atoms with van der Waals surface area (Å²) in [6.45, 7) is 6.75. The molecule has 1 aromatic carbocycles. The number of hydrogen-bond donors (Lipinski definition) is 1. The molecule has 1 N–H and O–H groups in total. The van der Waals surface area contributed by atoms with Gasteiger partial charge in [-0.3, -0.25) is 4.79 Å². The molecule has 1 aromatic rings. The van der Waals surface area contributed by atoms with Crippen LogP contribution in [0.4, 0.5) is 4.79 Å². The first-order chi connectivity index (χ1) is 11.7. The molecule has 0 spiro atoms. The molecular formula is C20H25NO4. The van der Waals surface area contributed by atoms with Crippen molar-refractivity contribution >= 4 is 17.6 Å². The van der Waals surface area contributed by atoms with Gasteiger partial charge in [-0.25, -0.2) is 4.79 Å². The molecular weight excluding hydrogens is 318 g/mol. The van der Waals surface area contributed by atoms with Crippen LogP contribution in [0.1, 0.15) is 51.2 Å². The molecule has 134 valence electrons. The highest BCUT2D eigenvalue weighted by atomic mass is 16.6. The van der Waals surface area contributed by atoms with E-state index in [-0.39, 0.29) is 6.09 Å². The fourth-order valence-electron chi connectivity index (χ4n) is 3.18. The molecule has 1 saturated carbocycles. The first-order valence-electron chi connectivity index (χ1n) is 8.73. The highest BCUT2D eigenvalue weighted by Crippen LogP contribution is 2.48. The summed E-state index contributed by atoms with van der Waals surface area (Å²) < 4.78 is 5.40. The van der Waals surface area contributed by atoms with Gasteiger partial charge in [-0.1, -0.05) is 30.3 Å². The molecule has 3 rings (SSSR count). The van der Waals surface area contributed by atoms with Crippen LogP contribution in [0.5, 0.6) is 0 Å². The number of hydrogen-bond acceptors (Lipinski definition) is 3. The third kappa shape index (κ3) is 3.70. The normalized spacial score (nSPS) is 19.2. The van der Waals surface area contributed by atoms with Gasteiger partial charge < -0.3 is 14.7 Å². The van der Waals surface area contributed by atoms with Crippen molar-refractivity contribution < 1.29 is 19.4 Å². The van der Waals surface area contributed by atoms with Gasteiger partial charge in [0.25, 0.3) is 0 Å². The number of rotatable bonds is 3. The molecule has 0 atom stereocenters. The highest BCUT2D eigenvalue weighted by molar-refractivity contribution is 5.85. The lowest BCUT2D eigenvalue weighted by molar-refractivity contribution is -0.140. The topological polar surface area (TPSA) is 66.8 Å². The lowest BCUT2D eigenvalue weighted by atomic mass is 9.92. The van der Waals surface area contributed by atoms with E-state index in [0.717, 1.165) is 30.4 Å². The van der Waals surface area contributed by atoms with E-state index < -0.39 is 17.0 Å². The van der Waals surface area contributed by atoms with E-state index in [1.54, 1.807) is 4.90 Å². The Morgan fingerprint density at radius 1 is 1.16 bits per heavy atom. The Kier molecular flexibility index (Phi) is 4.35. The molecule has 0 bridgehead atoms. The third-order valence-corrected chi connectivity index (χ3v) is 4.83. The zero-order valence-corrected chi connectivity index (χ0v) is 15.0. The molecule has 25 heavy (non-hydrogen) atoms. The molecule has 0 saturated heterocycles. The Hall–Kier alpha value is -2.30. The molecule has 2 aliphatic rings. The van der Waals surface area contributed by atoms with Crippen molar-refractivity contribution in [3.05, 3.63) is 41.5 Å². The minimum Gasteiger partial charge on any atom is -0.481 e. The first kappa shape index (κ1) is 17.5. The van der Waals surface area contributed by atoms with Gasteiger partial charge in [0.05, 0.1) is 5.41 Å². The number of benzene rings is 1. The van der Waals surface area contributed by atoms with Crippen LogP contribution in [0.25, 0.3) is 5.57 Å². The summed E-state index contributed by atoms with van der Waals surface area (Å²) in [5.41, 5.74) is 2.02. The summed E-state index contributed by atoms with van der Waals surface area (Å²) in [6.07, 6.45) is 3.97. The van der Waals surface area contributed by atoms with Crippen molar-refractivity contribution in [1.29, 1.82) is 0 Å². The smallest absolute Gasteiger partial charge is 0.410 e. The fraction of sp³-hybridized carbons (Fsp3) is 0.500. The molecule has 0 radical (unpaired) electrons. The van der Waals surface area contributed by atoms with E-state index in [1.807, 2.05) is 51.1 Å². The minimum absolute atomic E-state index is 0.282.